The van der Waals surface area contributed by atoms with Gasteiger partial charge in [0.05, 0.1) is 11.5 Å². The van der Waals surface area contributed by atoms with Crippen LogP contribution in [0.3, 0.4) is 0 Å². The molecule has 1 aliphatic rings. The molecule has 7 heteroatoms. The van der Waals surface area contributed by atoms with Gasteiger partial charge in [0.2, 0.25) is 10.0 Å². The zero-order chi connectivity index (χ0) is 14.4. The summed E-state index contributed by atoms with van der Waals surface area (Å²) in [6.45, 7) is 0.611. The number of nitrogens with one attached hydrogen (secondary N) is 1. The molecule has 1 fully saturated rings. The van der Waals surface area contributed by atoms with Gasteiger partial charge in [-0.2, -0.15) is 11.8 Å². The van der Waals surface area contributed by atoms with Crippen molar-refractivity contribution in [1.82, 2.24) is 4.72 Å². The molecular weight excluding hydrogens is 298 g/mol. The van der Waals surface area contributed by atoms with E-state index in [1.165, 1.54) is 12.1 Å². The zero-order valence-corrected chi connectivity index (χ0v) is 12.8. The molecule has 2 N–H and O–H groups in total. The second-order valence-corrected chi connectivity index (χ2v) is 7.71. The van der Waals surface area contributed by atoms with Crippen LogP contribution in [0.4, 0.5) is 0 Å². The highest BCUT2D eigenvalue weighted by Gasteiger charge is 2.20. The number of hydrogen-bond donors (Lipinski definition) is 2. The standard InChI is InChI=1S/C13H19NO4S2/c15-7-8-18-11-3-5-13(6-4-11)20(16,17)14-10-12-2-1-9-19-12/h3-6,12,14-15H,1-2,7-10H2. The SMILES string of the molecule is O=S(=O)(NCC1CCCS1)c1ccc(OCCO)cc1. The molecule has 0 aromatic heterocycles. The molecule has 112 valence electrons. The van der Waals surface area contributed by atoms with Gasteiger partial charge in [0.15, 0.2) is 0 Å². The van der Waals surface area contributed by atoms with E-state index in [1.807, 2.05) is 11.8 Å². The summed E-state index contributed by atoms with van der Waals surface area (Å²) in [6.07, 6.45) is 2.23. The summed E-state index contributed by atoms with van der Waals surface area (Å²) in [5.41, 5.74) is 0. The molecule has 0 amide bonds. The summed E-state index contributed by atoms with van der Waals surface area (Å²) in [5, 5.41) is 9.04. The quantitative estimate of drug-likeness (QED) is 0.791. The molecule has 0 spiro atoms. The monoisotopic (exact) mass is 317 g/mol. The number of hydrogen-bond acceptors (Lipinski definition) is 5. The van der Waals surface area contributed by atoms with Crippen molar-refractivity contribution in [2.75, 3.05) is 25.5 Å². The van der Waals surface area contributed by atoms with E-state index >= 15 is 0 Å². The third-order valence-electron chi connectivity index (χ3n) is 3.02. The van der Waals surface area contributed by atoms with Crippen molar-refractivity contribution in [3.05, 3.63) is 24.3 Å². The van der Waals surface area contributed by atoms with E-state index in [2.05, 4.69) is 4.72 Å². The molecule has 0 bridgehead atoms. The molecule has 1 aromatic rings. The fourth-order valence-electron chi connectivity index (χ4n) is 1.97. The normalized spacial score (nSPS) is 19.1. The maximum Gasteiger partial charge on any atom is 0.240 e. The lowest BCUT2D eigenvalue weighted by molar-refractivity contribution is 0.201. The summed E-state index contributed by atoms with van der Waals surface area (Å²) in [5.74, 6) is 1.66. The minimum atomic E-state index is -3.45. The topological polar surface area (TPSA) is 75.6 Å². The minimum Gasteiger partial charge on any atom is -0.491 e. The highest BCUT2D eigenvalue weighted by Crippen LogP contribution is 2.25. The molecular formula is C13H19NO4S2. The molecule has 0 aliphatic carbocycles. The van der Waals surface area contributed by atoms with Gasteiger partial charge in [-0.15, -0.1) is 0 Å². The van der Waals surface area contributed by atoms with Crippen LogP contribution >= 0.6 is 11.8 Å². The molecule has 20 heavy (non-hydrogen) atoms. The molecule has 2 rings (SSSR count). The lowest BCUT2D eigenvalue weighted by Gasteiger charge is -2.11. The number of aliphatic hydroxyl groups is 1. The number of rotatable bonds is 7. The Morgan fingerprint density at radius 3 is 2.70 bits per heavy atom. The van der Waals surface area contributed by atoms with Crippen LogP contribution in [0.2, 0.25) is 0 Å². The van der Waals surface area contributed by atoms with Crippen molar-refractivity contribution in [1.29, 1.82) is 0 Å². The first-order valence-corrected chi connectivity index (χ1v) is 9.10. The highest BCUT2D eigenvalue weighted by molar-refractivity contribution is 8.00. The van der Waals surface area contributed by atoms with E-state index < -0.39 is 10.0 Å². The van der Waals surface area contributed by atoms with Crippen molar-refractivity contribution in [2.24, 2.45) is 0 Å². The third-order valence-corrected chi connectivity index (χ3v) is 5.86. The van der Waals surface area contributed by atoms with E-state index in [0.29, 0.717) is 17.5 Å². The summed E-state index contributed by atoms with van der Waals surface area (Å²) < 4.78 is 32.1. The predicted octanol–water partition coefficient (Wildman–Crippen LogP) is 1.23. The number of thioether (sulfide) groups is 1. The van der Waals surface area contributed by atoms with Crippen LogP contribution in [0.25, 0.3) is 0 Å². The number of benzene rings is 1. The van der Waals surface area contributed by atoms with Gasteiger partial charge in [-0.25, -0.2) is 13.1 Å². The van der Waals surface area contributed by atoms with Crippen molar-refractivity contribution in [3.63, 3.8) is 0 Å². The first-order chi connectivity index (χ1) is 9.62. The lowest BCUT2D eigenvalue weighted by atomic mass is 10.2. The molecule has 5 nitrogen and oxygen atoms in total. The summed E-state index contributed by atoms with van der Waals surface area (Å²) in [6, 6.07) is 6.21. The van der Waals surface area contributed by atoms with Crippen molar-refractivity contribution in [3.8, 4) is 5.75 Å². The first kappa shape index (κ1) is 15.6. The average Bonchev–Trinajstić information content (AvgIpc) is 2.97. The second-order valence-electron chi connectivity index (χ2n) is 4.53. The molecule has 1 unspecified atom stereocenters. The van der Waals surface area contributed by atoms with Crippen molar-refractivity contribution >= 4 is 21.8 Å². The third kappa shape index (κ3) is 4.37. The molecule has 1 aromatic carbocycles. The predicted molar refractivity (Wildman–Crippen MR) is 79.7 cm³/mol. The first-order valence-electron chi connectivity index (χ1n) is 6.57. The van der Waals surface area contributed by atoms with E-state index in [9.17, 15) is 8.42 Å². The van der Waals surface area contributed by atoms with E-state index in [0.717, 1.165) is 18.6 Å². The molecule has 0 radical (unpaired) electrons. The Bertz CT molecular complexity index is 510. The molecule has 1 saturated heterocycles. The highest BCUT2D eigenvalue weighted by atomic mass is 32.2. The molecule has 1 atom stereocenters. The van der Waals surface area contributed by atoms with Gasteiger partial charge >= 0.3 is 0 Å². The van der Waals surface area contributed by atoms with Crippen molar-refractivity contribution in [2.45, 2.75) is 23.0 Å². The Morgan fingerprint density at radius 2 is 2.10 bits per heavy atom. The largest absolute Gasteiger partial charge is 0.491 e. The van der Waals surface area contributed by atoms with Crippen LogP contribution in [0.15, 0.2) is 29.2 Å². The summed E-state index contributed by atoms with van der Waals surface area (Å²) >= 11 is 1.82. The van der Waals surface area contributed by atoms with E-state index in [1.54, 1.807) is 12.1 Å². The van der Waals surface area contributed by atoms with Gasteiger partial charge in [-0.3, -0.25) is 0 Å². The molecule has 1 heterocycles. The van der Waals surface area contributed by atoms with E-state index in [-0.39, 0.29) is 18.1 Å². The Balaban J connectivity index is 1.94. The van der Waals surface area contributed by atoms with Gasteiger partial charge in [-0.1, -0.05) is 0 Å². The van der Waals surface area contributed by atoms with Crippen LogP contribution in [0.1, 0.15) is 12.8 Å². The van der Waals surface area contributed by atoms with E-state index in [4.69, 9.17) is 9.84 Å². The van der Waals surface area contributed by atoms with Crippen LogP contribution in [0.5, 0.6) is 5.75 Å². The van der Waals surface area contributed by atoms with Crippen LogP contribution < -0.4 is 9.46 Å². The van der Waals surface area contributed by atoms with Gasteiger partial charge in [-0.05, 0) is 42.9 Å². The fraction of sp³-hybridized carbons (Fsp3) is 0.538. The van der Waals surface area contributed by atoms with Crippen LogP contribution in [0, 0.1) is 0 Å². The maximum absolute atomic E-state index is 12.1. The van der Waals surface area contributed by atoms with Gasteiger partial charge < -0.3 is 9.84 Å². The average molecular weight is 317 g/mol. The van der Waals surface area contributed by atoms with Gasteiger partial charge in [0.1, 0.15) is 12.4 Å². The number of sulfonamides is 1. The van der Waals surface area contributed by atoms with Crippen molar-refractivity contribution < 1.29 is 18.3 Å². The Kier molecular flexibility index (Phi) is 5.71. The van der Waals surface area contributed by atoms with Crippen LogP contribution in [-0.2, 0) is 10.0 Å². The van der Waals surface area contributed by atoms with Gasteiger partial charge in [0.25, 0.3) is 0 Å². The number of ether oxygens (including phenoxy) is 1. The second kappa shape index (κ2) is 7.31. The number of aliphatic hydroxyl groups excluding tert-OH is 1. The summed E-state index contributed by atoms with van der Waals surface area (Å²) in [4.78, 5) is 0.233. The Morgan fingerprint density at radius 1 is 1.35 bits per heavy atom. The van der Waals surface area contributed by atoms with Crippen LogP contribution in [-0.4, -0.2) is 44.3 Å². The Labute approximate surface area is 123 Å². The maximum atomic E-state index is 12.1. The smallest absolute Gasteiger partial charge is 0.240 e. The lowest BCUT2D eigenvalue weighted by Crippen LogP contribution is -2.29. The Hall–Kier alpha value is -0.760. The molecule has 1 aliphatic heterocycles. The minimum absolute atomic E-state index is 0.0688. The fourth-order valence-corrected chi connectivity index (χ4v) is 4.36. The summed E-state index contributed by atoms with van der Waals surface area (Å²) in [7, 11) is -3.45. The molecule has 0 saturated carbocycles. The van der Waals surface area contributed by atoms with Gasteiger partial charge in [0, 0.05) is 11.8 Å². The zero-order valence-electron chi connectivity index (χ0n) is 11.1.